The van der Waals surface area contributed by atoms with Gasteiger partial charge in [-0.25, -0.2) is 0 Å². The number of methoxy groups -OCH3 is 1. The summed E-state index contributed by atoms with van der Waals surface area (Å²) in [5.74, 6) is -0.486. The first-order valence-electron chi connectivity index (χ1n) is 4.11. The van der Waals surface area contributed by atoms with Crippen molar-refractivity contribution in [3.8, 4) is 0 Å². The molecule has 3 nitrogen and oxygen atoms in total. The second-order valence-corrected chi connectivity index (χ2v) is 3.68. The van der Waals surface area contributed by atoms with Gasteiger partial charge in [0, 0.05) is 7.11 Å². The number of carbonyl (C=O) groups excluding carboxylic acids is 1. The predicted molar refractivity (Wildman–Crippen MR) is 47.0 cm³/mol. The van der Waals surface area contributed by atoms with E-state index in [4.69, 9.17) is 22.1 Å². The van der Waals surface area contributed by atoms with E-state index in [9.17, 15) is 4.79 Å². The molecule has 1 aliphatic rings. The molecular weight excluding hydrogens is 178 g/mol. The monoisotopic (exact) mass is 191 g/mol. The molecule has 1 unspecified atom stereocenters. The Kier molecular flexibility index (Phi) is 2.96. The molecule has 0 aromatic rings. The molecule has 70 valence electrons. The van der Waals surface area contributed by atoms with Crippen molar-refractivity contribution in [3.05, 3.63) is 0 Å². The zero-order chi connectivity index (χ0) is 9.19. The molecular formula is C8H14ClNO2. The Balaban J connectivity index is 2.71. The van der Waals surface area contributed by atoms with E-state index < -0.39 is 16.9 Å². The van der Waals surface area contributed by atoms with E-state index in [1.807, 2.05) is 0 Å². The normalized spacial score (nSPS) is 23.8. The van der Waals surface area contributed by atoms with Crippen LogP contribution in [0.1, 0.15) is 25.7 Å². The van der Waals surface area contributed by atoms with Crippen LogP contribution in [0.15, 0.2) is 0 Å². The highest BCUT2D eigenvalue weighted by Crippen LogP contribution is 2.37. The molecule has 0 aromatic carbocycles. The van der Waals surface area contributed by atoms with E-state index in [1.54, 1.807) is 7.11 Å². The number of alkyl halides is 1. The van der Waals surface area contributed by atoms with Crippen molar-refractivity contribution in [3.63, 3.8) is 0 Å². The summed E-state index contributed by atoms with van der Waals surface area (Å²) in [4.78, 5) is 10.9. The summed E-state index contributed by atoms with van der Waals surface area (Å²) in [6.45, 7) is 0. The number of nitrogens with two attached hydrogens (primary N) is 1. The highest BCUT2D eigenvalue weighted by atomic mass is 35.5. The lowest BCUT2D eigenvalue weighted by Crippen LogP contribution is -2.45. The largest absolute Gasteiger partial charge is 0.376 e. The summed E-state index contributed by atoms with van der Waals surface area (Å²) < 4.78 is 5.29. The van der Waals surface area contributed by atoms with Gasteiger partial charge < -0.3 is 10.5 Å². The van der Waals surface area contributed by atoms with Gasteiger partial charge in [-0.2, -0.15) is 0 Å². The maximum absolute atomic E-state index is 10.9. The van der Waals surface area contributed by atoms with Gasteiger partial charge in [0.15, 0.2) is 0 Å². The number of carbonyl (C=O) groups is 1. The minimum Gasteiger partial charge on any atom is -0.376 e. The van der Waals surface area contributed by atoms with Crippen LogP contribution in [0.2, 0.25) is 0 Å². The molecule has 1 saturated carbocycles. The first-order chi connectivity index (χ1) is 5.62. The first kappa shape index (κ1) is 9.81. The molecule has 0 heterocycles. The fourth-order valence-electron chi connectivity index (χ4n) is 1.79. The molecule has 0 bridgehead atoms. The minimum absolute atomic E-state index is 0.486. The van der Waals surface area contributed by atoms with Crippen LogP contribution in [-0.2, 0) is 9.53 Å². The summed E-state index contributed by atoms with van der Waals surface area (Å²) in [6.07, 6.45) is 3.79. The van der Waals surface area contributed by atoms with Crippen LogP contribution in [0, 0.1) is 0 Å². The molecule has 0 saturated heterocycles. The van der Waals surface area contributed by atoms with Gasteiger partial charge in [-0.15, -0.1) is 11.6 Å². The third kappa shape index (κ3) is 1.57. The number of amides is 1. The van der Waals surface area contributed by atoms with Crippen molar-refractivity contribution < 1.29 is 9.53 Å². The second-order valence-electron chi connectivity index (χ2n) is 3.24. The number of hydrogen-bond acceptors (Lipinski definition) is 2. The Labute approximate surface area is 77.2 Å². The zero-order valence-corrected chi connectivity index (χ0v) is 7.93. The number of ether oxygens (including phenoxy) is 1. The van der Waals surface area contributed by atoms with Gasteiger partial charge in [0.25, 0.3) is 0 Å². The highest BCUT2D eigenvalue weighted by Gasteiger charge is 2.43. The van der Waals surface area contributed by atoms with Crippen molar-refractivity contribution in [2.24, 2.45) is 5.73 Å². The van der Waals surface area contributed by atoms with Crippen molar-refractivity contribution in [1.82, 2.24) is 0 Å². The fraction of sp³-hybridized carbons (Fsp3) is 0.875. The van der Waals surface area contributed by atoms with Gasteiger partial charge in [-0.3, -0.25) is 4.79 Å². The quantitative estimate of drug-likeness (QED) is 0.678. The average Bonchev–Trinajstić information content (AvgIpc) is 2.52. The van der Waals surface area contributed by atoms with E-state index in [2.05, 4.69) is 0 Å². The highest BCUT2D eigenvalue weighted by molar-refractivity contribution is 6.31. The third-order valence-corrected chi connectivity index (χ3v) is 3.18. The molecule has 4 heteroatoms. The van der Waals surface area contributed by atoms with Crippen LogP contribution >= 0.6 is 11.6 Å². The molecule has 1 aliphatic carbocycles. The van der Waals surface area contributed by atoms with Gasteiger partial charge in [-0.05, 0) is 12.8 Å². The smallest absolute Gasteiger partial charge is 0.238 e. The summed E-state index contributed by atoms with van der Waals surface area (Å²) in [7, 11) is 1.59. The average molecular weight is 192 g/mol. The maximum atomic E-state index is 10.9. The Morgan fingerprint density at radius 3 is 2.42 bits per heavy atom. The van der Waals surface area contributed by atoms with Gasteiger partial charge in [0.05, 0.1) is 5.60 Å². The van der Waals surface area contributed by atoms with Crippen LogP contribution in [-0.4, -0.2) is 24.0 Å². The lowest BCUT2D eigenvalue weighted by atomic mass is 9.97. The topological polar surface area (TPSA) is 52.3 Å². The van der Waals surface area contributed by atoms with Crippen LogP contribution in [0.4, 0.5) is 0 Å². The number of primary amides is 1. The lowest BCUT2D eigenvalue weighted by Gasteiger charge is -2.30. The third-order valence-electron chi connectivity index (χ3n) is 2.57. The number of rotatable bonds is 3. The Morgan fingerprint density at radius 1 is 1.58 bits per heavy atom. The van der Waals surface area contributed by atoms with Crippen molar-refractivity contribution in [1.29, 1.82) is 0 Å². The SMILES string of the molecule is COC1(C(Cl)C(N)=O)CCCC1. The first-order valence-corrected chi connectivity index (χ1v) is 4.54. The summed E-state index contributed by atoms with van der Waals surface area (Å²) in [5.41, 5.74) is 4.63. The second kappa shape index (κ2) is 3.62. The molecule has 1 amide bonds. The molecule has 1 atom stereocenters. The summed E-state index contributed by atoms with van der Waals surface area (Å²) in [5, 5.41) is -0.690. The minimum atomic E-state index is -0.690. The lowest BCUT2D eigenvalue weighted by molar-refractivity contribution is -0.123. The van der Waals surface area contributed by atoms with Crippen molar-refractivity contribution >= 4 is 17.5 Å². The Morgan fingerprint density at radius 2 is 2.08 bits per heavy atom. The maximum Gasteiger partial charge on any atom is 0.238 e. The van der Waals surface area contributed by atoms with Gasteiger partial charge in [-0.1, -0.05) is 12.8 Å². The number of halogens is 1. The van der Waals surface area contributed by atoms with Crippen LogP contribution in [0.3, 0.4) is 0 Å². The van der Waals surface area contributed by atoms with Crippen molar-refractivity contribution in [2.75, 3.05) is 7.11 Å². The molecule has 2 N–H and O–H groups in total. The molecule has 1 rings (SSSR count). The van der Waals surface area contributed by atoms with E-state index >= 15 is 0 Å². The zero-order valence-electron chi connectivity index (χ0n) is 7.18. The summed E-state index contributed by atoms with van der Waals surface area (Å²) >= 11 is 5.88. The number of hydrogen-bond donors (Lipinski definition) is 1. The van der Waals surface area contributed by atoms with E-state index in [-0.39, 0.29) is 0 Å². The van der Waals surface area contributed by atoms with Gasteiger partial charge >= 0.3 is 0 Å². The molecule has 0 aromatic heterocycles. The molecule has 0 spiro atoms. The predicted octanol–water partition coefficient (Wildman–Crippen LogP) is 1.04. The van der Waals surface area contributed by atoms with Crippen molar-refractivity contribution in [2.45, 2.75) is 36.7 Å². The molecule has 0 aliphatic heterocycles. The van der Waals surface area contributed by atoms with Crippen LogP contribution in [0.5, 0.6) is 0 Å². The van der Waals surface area contributed by atoms with Crippen LogP contribution in [0.25, 0.3) is 0 Å². The Hall–Kier alpha value is -0.280. The van der Waals surface area contributed by atoms with E-state index in [1.165, 1.54) is 0 Å². The molecule has 12 heavy (non-hydrogen) atoms. The summed E-state index contributed by atoms with van der Waals surface area (Å²) in [6, 6.07) is 0. The standard InChI is InChI=1S/C8H14ClNO2/c1-12-8(4-2-3-5-8)6(9)7(10)11/h6H,2-5H2,1H3,(H2,10,11). The van der Waals surface area contributed by atoms with E-state index in [0.29, 0.717) is 0 Å². The molecule has 1 fully saturated rings. The van der Waals surface area contributed by atoms with E-state index in [0.717, 1.165) is 25.7 Å². The molecule has 0 radical (unpaired) electrons. The van der Waals surface area contributed by atoms with Crippen LogP contribution < -0.4 is 5.73 Å². The fourth-order valence-corrected chi connectivity index (χ4v) is 2.10. The Bertz CT molecular complexity index is 178. The van der Waals surface area contributed by atoms with Gasteiger partial charge in [0.2, 0.25) is 5.91 Å². The van der Waals surface area contributed by atoms with Gasteiger partial charge in [0.1, 0.15) is 5.38 Å².